The van der Waals surface area contributed by atoms with E-state index in [-0.39, 0.29) is 0 Å². The SMILES string of the molecule is CC(C)CCOCCC(CNC(C)C)Cc1ccccc1. The lowest BCUT2D eigenvalue weighted by atomic mass is 9.96. The fourth-order valence-electron chi connectivity index (χ4n) is 2.30. The highest BCUT2D eigenvalue weighted by molar-refractivity contribution is 5.15. The van der Waals surface area contributed by atoms with Crippen molar-refractivity contribution in [2.75, 3.05) is 19.8 Å². The minimum absolute atomic E-state index is 0.546. The van der Waals surface area contributed by atoms with Crippen LogP contribution in [0.5, 0.6) is 0 Å². The molecule has 1 N–H and O–H groups in total. The van der Waals surface area contributed by atoms with E-state index in [4.69, 9.17) is 4.74 Å². The van der Waals surface area contributed by atoms with Crippen molar-refractivity contribution >= 4 is 0 Å². The molecular weight excluding hydrogens is 258 g/mol. The van der Waals surface area contributed by atoms with Crippen molar-refractivity contribution in [1.29, 1.82) is 0 Å². The third-order valence-corrected chi connectivity index (χ3v) is 3.69. The van der Waals surface area contributed by atoms with Crippen LogP contribution in [0.25, 0.3) is 0 Å². The van der Waals surface area contributed by atoms with Crippen LogP contribution in [0.1, 0.15) is 46.1 Å². The second-order valence-corrected chi connectivity index (χ2v) is 6.70. The Morgan fingerprint density at radius 2 is 1.62 bits per heavy atom. The highest BCUT2D eigenvalue weighted by atomic mass is 16.5. The topological polar surface area (TPSA) is 21.3 Å². The molecule has 0 aliphatic rings. The van der Waals surface area contributed by atoms with Crippen LogP contribution in [0.15, 0.2) is 30.3 Å². The summed E-state index contributed by atoms with van der Waals surface area (Å²) in [4.78, 5) is 0. The number of ether oxygens (including phenoxy) is 1. The summed E-state index contributed by atoms with van der Waals surface area (Å²) in [6.07, 6.45) is 3.43. The van der Waals surface area contributed by atoms with Crippen molar-refractivity contribution in [1.82, 2.24) is 5.32 Å². The zero-order chi connectivity index (χ0) is 15.5. The molecule has 2 nitrogen and oxygen atoms in total. The van der Waals surface area contributed by atoms with Gasteiger partial charge >= 0.3 is 0 Å². The monoisotopic (exact) mass is 291 g/mol. The Labute approximate surface area is 131 Å². The number of nitrogens with one attached hydrogen (secondary N) is 1. The maximum Gasteiger partial charge on any atom is 0.0469 e. The molecule has 0 aromatic heterocycles. The zero-order valence-corrected chi connectivity index (χ0v) is 14.3. The second kappa shape index (κ2) is 10.8. The highest BCUT2D eigenvalue weighted by Gasteiger charge is 2.10. The summed E-state index contributed by atoms with van der Waals surface area (Å²) in [5.41, 5.74) is 1.43. The van der Waals surface area contributed by atoms with Crippen LogP contribution in [0, 0.1) is 11.8 Å². The number of hydrogen-bond acceptors (Lipinski definition) is 2. The highest BCUT2D eigenvalue weighted by Crippen LogP contribution is 2.12. The lowest BCUT2D eigenvalue weighted by molar-refractivity contribution is 0.110. The predicted molar refractivity (Wildman–Crippen MR) is 91.7 cm³/mol. The van der Waals surface area contributed by atoms with Crippen LogP contribution in [-0.2, 0) is 11.2 Å². The van der Waals surface area contributed by atoms with Crippen molar-refractivity contribution in [2.45, 2.75) is 53.0 Å². The number of benzene rings is 1. The molecule has 0 amide bonds. The van der Waals surface area contributed by atoms with Gasteiger partial charge in [-0.15, -0.1) is 0 Å². The summed E-state index contributed by atoms with van der Waals surface area (Å²) >= 11 is 0. The quantitative estimate of drug-likeness (QED) is 0.614. The van der Waals surface area contributed by atoms with Gasteiger partial charge < -0.3 is 10.1 Å². The summed E-state index contributed by atoms with van der Waals surface area (Å²) in [5, 5.41) is 3.57. The first kappa shape index (κ1) is 18.2. The third-order valence-electron chi connectivity index (χ3n) is 3.69. The minimum atomic E-state index is 0.546. The number of rotatable bonds is 11. The van der Waals surface area contributed by atoms with Gasteiger partial charge in [-0.3, -0.25) is 0 Å². The van der Waals surface area contributed by atoms with Gasteiger partial charge in [0.2, 0.25) is 0 Å². The van der Waals surface area contributed by atoms with Gasteiger partial charge in [0.1, 0.15) is 0 Å². The summed E-state index contributed by atoms with van der Waals surface area (Å²) in [5.74, 6) is 1.38. The molecule has 0 aliphatic heterocycles. The van der Waals surface area contributed by atoms with Gasteiger partial charge in [-0.25, -0.2) is 0 Å². The van der Waals surface area contributed by atoms with Crippen molar-refractivity contribution in [3.63, 3.8) is 0 Å². The van der Waals surface area contributed by atoms with Gasteiger partial charge in [0, 0.05) is 19.3 Å². The fraction of sp³-hybridized carbons (Fsp3) is 0.684. The molecule has 0 saturated carbocycles. The Morgan fingerprint density at radius 3 is 2.24 bits per heavy atom. The number of hydrogen-bond donors (Lipinski definition) is 1. The van der Waals surface area contributed by atoms with E-state index >= 15 is 0 Å². The van der Waals surface area contributed by atoms with Crippen molar-refractivity contribution < 1.29 is 4.74 Å². The van der Waals surface area contributed by atoms with E-state index in [1.165, 1.54) is 5.56 Å². The molecule has 120 valence electrons. The third kappa shape index (κ3) is 9.65. The molecule has 1 atom stereocenters. The van der Waals surface area contributed by atoms with Gasteiger partial charge in [0.25, 0.3) is 0 Å². The minimum Gasteiger partial charge on any atom is -0.381 e. The molecule has 0 aliphatic carbocycles. The Morgan fingerprint density at radius 1 is 0.952 bits per heavy atom. The summed E-state index contributed by atoms with van der Waals surface area (Å²) in [6.45, 7) is 11.7. The van der Waals surface area contributed by atoms with Crippen LogP contribution in [-0.4, -0.2) is 25.8 Å². The van der Waals surface area contributed by atoms with Gasteiger partial charge in [0.05, 0.1) is 0 Å². The smallest absolute Gasteiger partial charge is 0.0469 e. The molecule has 2 heteroatoms. The standard InChI is InChI=1S/C19H33NO/c1-16(2)10-12-21-13-11-19(15-20-17(3)4)14-18-8-6-5-7-9-18/h5-9,16-17,19-20H,10-15H2,1-4H3. The van der Waals surface area contributed by atoms with E-state index in [1.54, 1.807) is 0 Å². The molecule has 0 saturated heterocycles. The maximum atomic E-state index is 5.79. The molecule has 0 spiro atoms. The van der Waals surface area contributed by atoms with E-state index in [0.29, 0.717) is 12.0 Å². The summed E-state index contributed by atoms with van der Waals surface area (Å²) < 4.78 is 5.79. The lowest BCUT2D eigenvalue weighted by Gasteiger charge is -2.19. The Kier molecular flexibility index (Phi) is 9.36. The zero-order valence-electron chi connectivity index (χ0n) is 14.3. The molecule has 21 heavy (non-hydrogen) atoms. The van der Waals surface area contributed by atoms with Gasteiger partial charge in [-0.2, -0.15) is 0 Å². The molecular formula is C19H33NO. The van der Waals surface area contributed by atoms with Crippen LogP contribution in [0.3, 0.4) is 0 Å². The molecule has 1 rings (SSSR count). The van der Waals surface area contributed by atoms with Crippen LogP contribution in [0.2, 0.25) is 0 Å². The van der Waals surface area contributed by atoms with E-state index < -0.39 is 0 Å². The van der Waals surface area contributed by atoms with Crippen LogP contribution < -0.4 is 5.32 Å². The lowest BCUT2D eigenvalue weighted by Crippen LogP contribution is -2.30. The fourth-order valence-corrected chi connectivity index (χ4v) is 2.30. The molecule has 1 aromatic carbocycles. The molecule has 0 heterocycles. The van der Waals surface area contributed by atoms with Crippen molar-refractivity contribution in [3.8, 4) is 0 Å². The summed E-state index contributed by atoms with van der Waals surface area (Å²) in [7, 11) is 0. The van der Waals surface area contributed by atoms with Crippen molar-refractivity contribution in [2.24, 2.45) is 11.8 Å². The molecule has 0 bridgehead atoms. The predicted octanol–water partition coefficient (Wildman–Crippen LogP) is 4.30. The first-order valence-electron chi connectivity index (χ1n) is 8.43. The van der Waals surface area contributed by atoms with Crippen LogP contribution >= 0.6 is 0 Å². The van der Waals surface area contributed by atoms with E-state index in [0.717, 1.165) is 44.9 Å². The Bertz CT molecular complexity index is 348. The normalized spacial score (nSPS) is 13.0. The molecule has 0 radical (unpaired) electrons. The molecule has 1 aromatic rings. The first-order valence-corrected chi connectivity index (χ1v) is 8.43. The van der Waals surface area contributed by atoms with Gasteiger partial charge in [-0.05, 0) is 43.2 Å². The Balaban J connectivity index is 2.34. The van der Waals surface area contributed by atoms with Gasteiger partial charge in [0.15, 0.2) is 0 Å². The second-order valence-electron chi connectivity index (χ2n) is 6.70. The molecule has 0 fully saturated rings. The average Bonchev–Trinajstić information content (AvgIpc) is 2.44. The van der Waals surface area contributed by atoms with Crippen LogP contribution in [0.4, 0.5) is 0 Å². The largest absolute Gasteiger partial charge is 0.381 e. The van der Waals surface area contributed by atoms with Gasteiger partial charge in [-0.1, -0.05) is 58.0 Å². The van der Waals surface area contributed by atoms with E-state index in [1.807, 2.05) is 0 Å². The van der Waals surface area contributed by atoms with E-state index in [9.17, 15) is 0 Å². The average molecular weight is 291 g/mol. The van der Waals surface area contributed by atoms with Crippen molar-refractivity contribution in [3.05, 3.63) is 35.9 Å². The first-order chi connectivity index (χ1) is 10.1. The summed E-state index contributed by atoms with van der Waals surface area (Å²) in [6, 6.07) is 11.3. The maximum absolute atomic E-state index is 5.79. The molecule has 1 unspecified atom stereocenters. The van der Waals surface area contributed by atoms with E-state index in [2.05, 4.69) is 63.3 Å². The Hall–Kier alpha value is -0.860.